The predicted octanol–water partition coefficient (Wildman–Crippen LogP) is 3.57. The SMILES string of the molecule is CN(c1ccc(OCC(=O)OCc2ccccc2C#N)cc1)S(=O)(=O)c1cccs1. The van der Waals surface area contributed by atoms with Gasteiger partial charge in [0.1, 0.15) is 16.6 Å². The zero-order valence-electron chi connectivity index (χ0n) is 16.0. The molecule has 0 unspecified atom stereocenters. The molecule has 7 nitrogen and oxygen atoms in total. The molecular weight excluding hydrogens is 424 g/mol. The van der Waals surface area contributed by atoms with Gasteiger partial charge in [0.25, 0.3) is 10.0 Å². The second-order valence-corrected chi connectivity index (χ2v) is 9.26. The van der Waals surface area contributed by atoms with Crippen LogP contribution in [-0.4, -0.2) is 28.0 Å². The first-order valence-electron chi connectivity index (χ1n) is 8.81. The minimum Gasteiger partial charge on any atom is -0.482 e. The van der Waals surface area contributed by atoms with E-state index in [1.54, 1.807) is 66.0 Å². The summed E-state index contributed by atoms with van der Waals surface area (Å²) in [7, 11) is -2.14. The average Bonchev–Trinajstić information content (AvgIpc) is 3.32. The van der Waals surface area contributed by atoms with E-state index in [1.165, 1.54) is 11.4 Å². The molecular formula is C21H18N2O5S2. The maximum Gasteiger partial charge on any atom is 0.344 e. The normalized spacial score (nSPS) is 10.8. The van der Waals surface area contributed by atoms with Crippen LogP contribution in [0.15, 0.2) is 70.3 Å². The largest absolute Gasteiger partial charge is 0.482 e. The Morgan fingerprint density at radius 3 is 2.50 bits per heavy atom. The number of sulfonamides is 1. The Hall–Kier alpha value is -3.35. The summed E-state index contributed by atoms with van der Waals surface area (Å²) in [5.41, 5.74) is 1.53. The number of nitriles is 1. The monoisotopic (exact) mass is 442 g/mol. The molecule has 0 N–H and O–H groups in total. The minimum atomic E-state index is -3.61. The molecule has 2 aromatic carbocycles. The summed E-state index contributed by atoms with van der Waals surface area (Å²) in [4.78, 5) is 11.9. The van der Waals surface area contributed by atoms with Crippen LogP contribution in [-0.2, 0) is 26.2 Å². The maximum absolute atomic E-state index is 12.6. The molecule has 0 atom stereocenters. The third-order valence-corrected chi connectivity index (χ3v) is 7.35. The number of hydrogen-bond acceptors (Lipinski definition) is 7. The number of rotatable bonds is 8. The Kier molecular flexibility index (Phi) is 6.72. The molecule has 0 radical (unpaired) electrons. The van der Waals surface area contributed by atoms with E-state index >= 15 is 0 Å². The van der Waals surface area contributed by atoms with Gasteiger partial charge in [-0.3, -0.25) is 4.31 Å². The number of carbonyl (C=O) groups is 1. The van der Waals surface area contributed by atoms with Gasteiger partial charge in [-0.25, -0.2) is 13.2 Å². The summed E-state index contributed by atoms with van der Waals surface area (Å²) in [5.74, 6) is -0.181. The molecule has 0 fully saturated rings. The number of esters is 1. The Balaban J connectivity index is 1.54. The third-order valence-electron chi connectivity index (χ3n) is 4.19. The Morgan fingerprint density at radius 2 is 1.83 bits per heavy atom. The van der Waals surface area contributed by atoms with E-state index in [0.717, 1.165) is 11.3 Å². The first kappa shape index (κ1) is 21.4. The minimum absolute atomic E-state index is 0.0176. The van der Waals surface area contributed by atoms with Crippen LogP contribution in [0.1, 0.15) is 11.1 Å². The second kappa shape index (κ2) is 9.43. The molecule has 1 heterocycles. The lowest BCUT2D eigenvalue weighted by molar-refractivity contribution is -0.147. The number of ether oxygens (including phenoxy) is 2. The fraction of sp³-hybridized carbons (Fsp3) is 0.143. The molecule has 0 amide bonds. The summed E-state index contributed by atoms with van der Waals surface area (Å²) >= 11 is 1.15. The molecule has 3 rings (SSSR count). The highest BCUT2D eigenvalue weighted by atomic mass is 32.2. The molecule has 0 aliphatic heterocycles. The van der Waals surface area contributed by atoms with Crippen LogP contribution in [0.3, 0.4) is 0 Å². The van der Waals surface area contributed by atoms with Crippen molar-refractivity contribution in [3.63, 3.8) is 0 Å². The van der Waals surface area contributed by atoms with Crippen LogP contribution >= 0.6 is 11.3 Å². The molecule has 9 heteroatoms. The number of hydrogen-bond donors (Lipinski definition) is 0. The molecule has 0 aliphatic carbocycles. The highest BCUT2D eigenvalue weighted by molar-refractivity contribution is 7.94. The van der Waals surface area contributed by atoms with Gasteiger partial charge in [-0.1, -0.05) is 24.3 Å². The van der Waals surface area contributed by atoms with E-state index < -0.39 is 16.0 Å². The standard InChI is InChI=1S/C21H18N2O5S2/c1-23(30(25,26)21-7-4-12-29-21)18-8-10-19(11-9-18)27-15-20(24)28-14-17-6-3-2-5-16(17)13-22/h2-12H,14-15H2,1H3. The van der Waals surface area contributed by atoms with Crippen LogP contribution in [0.2, 0.25) is 0 Å². The average molecular weight is 443 g/mol. The maximum atomic E-state index is 12.6. The van der Waals surface area contributed by atoms with Crippen LogP contribution < -0.4 is 9.04 Å². The van der Waals surface area contributed by atoms with Gasteiger partial charge >= 0.3 is 5.97 Å². The molecule has 30 heavy (non-hydrogen) atoms. The number of nitrogens with zero attached hydrogens (tertiary/aromatic N) is 2. The lowest BCUT2D eigenvalue weighted by atomic mass is 10.1. The van der Waals surface area contributed by atoms with Crippen LogP contribution in [0.25, 0.3) is 0 Å². The van der Waals surface area contributed by atoms with Gasteiger partial charge in [-0.2, -0.15) is 5.26 Å². The van der Waals surface area contributed by atoms with Crippen molar-refractivity contribution in [3.8, 4) is 11.8 Å². The summed E-state index contributed by atoms with van der Waals surface area (Å²) in [6.45, 7) is -0.326. The molecule has 154 valence electrons. The van der Waals surface area contributed by atoms with Gasteiger partial charge in [-0.15, -0.1) is 11.3 Å². The zero-order valence-corrected chi connectivity index (χ0v) is 17.7. The topological polar surface area (TPSA) is 96.7 Å². The zero-order chi connectivity index (χ0) is 21.6. The second-order valence-electron chi connectivity index (χ2n) is 6.12. The van der Waals surface area contributed by atoms with Crippen molar-refractivity contribution in [3.05, 3.63) is 77.2 Å². The van der Waals surface area contributed by atoms with Gasteiger partial charge in [0, 0.05) is 12.6 Å². The predicted molar refractivity (Wildman–Crippen MR) is 113 cm³/mol. The summed E-state index contributed by atoms with van der Waals surface area (Å²) in [5, 5.41) is 10.7. The molecule has 1 aromatic heterocycles. The Labute approximate surface area is 178 Å². The van der Waals surface area contributed by atoms with E-state index in [-0.39, 0.29) is 17.4 Å². The van der Waals surface area contributed by atoms with Crippen molar-refractivity contribution in [2.24, 2.45) is 0 Å². The van der Waals surface area contributed by atoms with E-state index in [4.69, 9.17) is 14.7 Å². The van der Waals surface area contributed by atoms with Crippen molar-refractivity contribution in [1.82, 2.24) is 0 Å². The fourth-order valence-corrected chi connectivity index (χ4v) is 4.89. The van der Waals surface area contributed by atoms with Crippen molar-refractivity contribution >= 4 is 33.0 Å². The third kappa shape index (κ3) is 4.97. The van der Waals surface area contributed by atoms with E-state index in [1.807, 2.05) is 6.07 Å². The molecule has 0 spiro atoms. The number of benzene rings is 2. The molecule has 0 saturated carbocycles. The van der Waals surface area contributed by atoms with Crippen molar-refractivity contribution < 1.29 is 22.7 Å². The van der Waals surface area contributed by atoms with Gasteiger partial charge in [-0.05, 0) is 41.8 Å². The van der Waals surface area contributed by atoms with Crippen molar-refractivity contribution in [2.75, 3.05) is 18.0 Å². The van der Waals surface area contributed by atoms with E-state index in [0.29, 0.717) is 22.6 Å². The fourth-order valence-electron chi connectivity index (χ4n) is 2.53. The first-order chi connectivity index (χ1) is 14.4. The quantitative estimate of drug-likeness (QED) is 0.495. The summed E-state index contributed by atoms with van der Waals surface area (Å²) < 4.78 is 37.1. The van der Waals surface area contributed by atoms with E-state index in [2.05, 4.69) is 0 Å². The van der Waals surface area contributed by atoms with Gasteiger partial charge in [0.2, 0.25) is 0 Å². The molecule has 3 aromatic rings. The molecule has 0 aliphatic rings. The van der Waals surface area contributed by atoms with E-state index in [9.17, 15) is 13.2 Å². The van der Waals surface area contributed by atoms with Crippen LogP contribution in [0.5, 0.6) is 5.75 Å². The first-order valence-corrected chi connectivity index (χ1v) is 11.1. The van der Waals surface area contributed by atoms with Crippen LogP contribution in [0.4, 0.5) is 5.69 Å². The number of thiophene rings is 1. The van der Waals surface area contributed by atoms with Crippen molar-refractivity contribution in [1.29, 1.82) is 5.26 Å². The number of anilines is 1. The smallest absolute Gasteiger partial charge is 0.344 e. The lowest BCUT2D eigenvalue weighted by Crippen LogP contribution is -2.25. The van der Waals surface area contributed by atoms with Crippen LogP contribution in [0, 0.1) is 11.3 Å². The molecule has 0 bridgehead atoms. The Bertz CT molecular complexity index is 1150. The summed E-state index contributed by atoms with van der Waals surface area (Å²) in [6.07, 6.45) is 0. The Morgan fingerprint density at radius 1 is 1.10 bits per heavy atom. The van der Waals surface area contributed by atoms with Gasteiger partial charge in [0.15, 0.2) is 6.61 Å². The summed E-state index contributed by atoms with van der Waals surface area (Å²) in [6, 6.07) is 18.5. The van der Waals surface area contributed by atoms with Gasteiger partial charge in [0.05, 0.1) is 17.3 Å². The number of carbonyl (C=O) groups excluding carboxylic acids is 1. The van der Waals surface area contributed by atoms with Gasteiger partial charge < -0.3 is 9.47 Å². The van der Waals surface area contributed by atoms with Crippen molar-refractivity contribution in [2.45, 2.75) is 10.8 Å². The highest BCUT2D eigenvalue weighted by Crippen LogP contribution is 2.26. The molecule has 0 saturated heterocycles. The lowest BCUT2D eigenvalue weighted by Gasteiger charge is -2.18. The highest BCUT2D eigenvalue weighted by Gasteiger charge is 2.22.